The second-order valence-electron chi connectivity index (χ2n) is 4.99. The Hall–Kier alpha value is -1.48. The first-order chi connectivity index (χ1) is 9.10. The third-order valence-corrected chi connectivity index (χ3v) is 3.29. The number of hydrogen-bond donors (Lipinski definition) is 1. The van der Waals surface area contributed by atoms with Gasteiger partial charge in [0.15, 0.2) is 0 Å². The van der Waals surface area contributed by atoms with E-state index >= 15 is 0 Å². The summed E-state index contributed by atoms with van der Waals surface area (Å²) in [6.45, 7) is 5.35. The molecule has 3 nitrogen and oxygen atoms in total. The number of aromatic nitrogens is 1. The molecule has 1 heterocycles. The molecule has 0 bridgehead atoms. The molecule has 19 heavy (non-hydrogen) atoms. The van der Waals surface area contributed by atoms with Gasteiger partial charge in [-0.2, -0.15) is 0 Å². The lowest BCUT2D eigenvalue weighted by Gasteiger charge is -2.09. The van der Waals surface area contributed by atoms with Gasteiger partial charge < -0.3 is 10.1 Å². The van der Waals surface area contributed by atoms with Crippen molar-refractivity contribution in [3.05, 3.63) is 29.3 Å². The number of halogens is 1. The molecular weight excluding hydrogens is 260 g/mol. The highest BCUT2D eigenvalue weighted by atomic mass is 35.5. The monoisotopic (exact) mass is 278 g/mol. The molecule has 0 fully saturated rings. The summed E-state index contributed by atoms with van der Waals surface area (Å²) < 4.78 is 5.20. The zero-order valence-corrected chi connectivity index (χ0v) is 12.3. The highest BCUT2D eigenvalue weighted by Crippen LogP contribution is 2.29. The first kappa shape index (κ1) is 13.9. The minimum Gasteiger partial charge on any atom is -0.495 e. The van der Waals surface area contributed by atoms with Crippen LogP contribution in [0.4, 0.5) is 5.82 Å². The van der Waals surface area contributed by atoms with Crippen LogP contribution in [0.2, 0.25) is 5.02 Å². The van der Waals surface area contributed by atoms with Crippen LogP contribution in [0, 0.1) is 5.92 Å². The number of nitrogens with one attached hydrogen (secondary N) is 1. The van der Waals surface area contributed by atoms with Gasteiger partial charge in [0.2, 0.25) is 0 Å². The predicted molar refractivity (Wildman–Crippen MR) is 81.2 cm³/mol. The predicted octanol–water partition coefficient (Wildman–Crippen LogP) is 4.35. The Morgan fingerprint density at radius 3 is 2.79 bits per heavy atom. The van der Waals surface area contributed by atoms with Crippen LogP contribution in [0.25, 0.3) is 10.9 Å². The first-order valence-corrected chi connectivity index (χ1v) is 6.86. The number of hydrogen-bond acceptors (Lipinski definition) is 3. The fraction of sp³-hybridized carbons (Fsp3) is 0.400. The maximum Gasteiger partial charge on any atom is 0.138 e. The van der Waals surface area contributed by atoms with Crippen molar-refractivity contribution in [2.75, 3.05) is 19.0 Å². The van der Waals surface area contributed by atoms with Gasteiger partial charge in [-0.05, 0) is 36.6 Å². The average molecular weight is 279 g/mol. The van der Waals surface area contributed by atoms with E-state index in [2.05, 4.69) is 24.1 Å². The van der Waals surface area contributed by atoms with E-state index in [9.17, 15) is 0 Å². The highest BCUT2D eigenvalue weighted by Gasteiger charge is 2.05. The zero-order chi connectivity index (χ0) is 13.8. The molecule has 0 spiro atoms. The van der Waals surface area contributed by atoms with E-state index in [-0.39, 0.29) is 0 Å². The Morgan fingerprint density at radius 2 is 2.11 bits per heavy atom. The van der Waals surface area contributed by atoms with Crippen LogP contribution in [-0.2, 0) is 0 Å². The molecule has 1 N–H and O–H groups in total. The lowest BCUT2D eigenvalue weighted by Crippen LogP contribution is -2.06. The van der Waals surface area contributed by atoms with Crippen molar-refractivity contribution < 1.29 is 4.74 Å². The van der Waals surface area contributed by atoms with Crippen molar-refractivity contribution in [1.82, 2.24) is 4.98 Å². The summed E-state index contributed by atoms with van der Waals surface area (Å²) >= 11 is 6.12. The molecule has 0 unspecified atom stereocenters. The Morgan fingerprint density at radius 1 is 1.32 bits per heavy atom. The van der Waals surface area contributed by atoms with Crippen molar-refractivity contribution in [1.29, 1.82) is 0 Å². The van der Waals surface area contributed by atoms with Crippen molar-refractivity contribution >= 4 is 28.3 Å². The Bertz CT molecular complexity index is 569. The molecule has 0 radical (unpaired) electrons. The van der Waals surface area contributed by atoms with Crippen LogP contribution in [0.5, 0.6) is 5.75 Å². The molecule has 1 aromatic heterocycles. The summed E-state index contributed by atoms with van der Waals surface area (Å²) in [4.78, 5) is 4.56. The topological polar surface area (TPSA) is 34.1 Å². The molecule has 1 aromatic carbocycles. The molecule has 102 valence electrons. The second-order valence-corrected chi connectivity index (χ2v) is 5.39. The first-order valence-electron chi connectivity index (χ1n) is 6.48. The number of nitrogens with zero attached hydrogens (tertiary/aromatic N) is 1. The van der Waals surface area contributed by atoms with E-state index < -0.39 is 0 Å². The number of rotatable bonds is 5. The number of pyridine rings is 1. The molecule has 0 amide bonds. The van der Waals surface area contributed by atoms with Crippen molar-refractivity contribution in [3.63, 3.8) is 0 Å². The van der Waals surface area contributed by atoms with Crippen molar-refractivity contribution in [2.45, 2.75) is 20.3 Å². The van der Waals surface area contributed by atoms with Crippen LogP contribution < -0.4 is 10.1 Å². The summed E-state index contributed by atoms with van der Waals surface area (Å²) in [7, 11) is 1.61. The van der Waals surface area contributed by atoms with Crippen LogP contribution in [0.1, 0.15) is 20.3 Å². The van der Waals surface area contributed by atoms with E-state index in [4.69, 9.17) is 16.3 Å². The van der Waals surface area contributed by atoms with Crippen LogP contribution in [0.15, 0.2) is 24.3 Å². The van der Waals surface area contributed by atoms with Gasteiger partial charge in [0.1, 0.15) is 11.6 Å². The molecule has 0 saturated carbocycles. The van der Waals surface area contributed by atoms with E-state index in [1.807, 2.05) is 24.3 Å². The second kappa shape index (κ2) is 6.11. The summed E-state index contributed by atoms with van der Waals surface area (Å²) in [5.41, 5.74) is 0.875. The van der Waals surface area contributed by atoms with Crippen LogP contribution in [-0.4, -0.2) is 18.6 Å². The minimum atomic E-state index is 0.585. The quantitative estimate of drug-likeness (QED) is 0.883. The van der Waals surface area contributed by atoms with E-state index in [0.717, 1.165) is 29.7 Å². The summed E-state index contributed by atoms with van der Waals surface area (Å²) in [6, 6.07) is 7.75. The standard InChI is InChI=1S/C15H19ClN2O/c1-10(2)6-7-17-15-5-4-11-8-14(19-3)12(16)9-13(11)18-15/h4-5,8-10H,6-7H2,1-3H3,(H,17,18). The van der Waals surface area contributed by atoms with Gasteiger partial charge in [0, 0.05) is 11.9 Å². The maximum absolute atomic E-state index is 6.12. The van der Waals surface area contributed by atoms with Crippen molar-refractivity contribution in [2.24, 2.45) is 5.92 Å². The number of methoxy groups -OCH3 is 1. The van der Waals surface area contributed by atoms with E-state index in [1.165, 1.54) is 0 Å². The van der Waals surface area contributed by atoms with Crippen molar-refractivity contribution in [3.8, 4) is 5.75 Å². The van der Waals surface area contributed by atoms with Crippen LogP contribution >= 0.6 is 11.6 Å². The molecule has 0 aliphatic carbocycles. The zero-order valence-electron chi connectivity index (χ0n) is 11.5. The molecular formula is C15H19ClN2O. The third kappa shape index (κ3) is 3.51. The number of ether oxygens (including phenoxy) is 1. The lowest BCUT2D eigenvalue weighted by molar-refractivity contribution is 0.415. The Kier molecular flexibility index (Phi) is 4.48. The highest BCUT2D eigenvalue weighted by molar-refractivity contribution is 6.32. The SMILES string of the molecule is COc1cc2ccc(NCCC(C)C)nc2cc1Cl. The van der Waals surface area contributed by atoms with Gasteiger partial charge in [-0.25, -0.2) is 4.98 Å². The maximum atomic E-state index is 6.12. The minimum absolute atomic E-state index is 0.585. The number of anilines is 1. The molecule has 2 aromatic rings. The van der Waals surface area contributed by atoms with Gasteiger partial charge in [-0.1, -0.05) is 25.4 Å². The van der Waals surface area contributed by atoms with Gasteiger partial charge >= 0.3 is 0 Å². The largest absolute Gasteiger partial charge is 0.495 e. The third-order valence-electron chi connectivity index (χ3n) is 2.99. The molecule has 0 aliphatic rings. The summed E-state index contributed by atoms with van der Waals surface area (Å²) in [5, 5.41) is 4.94. The van der Waals surface area contributed by atoms with Gasteiger partial charge in [-0.3, -0.25) is 0 Å². The molecule has 0 saturated heterocycles. The fourth-order valence-electron chi connectivity index (χ4n) is 1.87. The van der Waals surface area contributed by atoms with E-state index in [1.54, 1.807) is 7.11 Å². The number of benzene rings is 1. The van der Waals surface area contributed by atoms with Gasteiger partial charge in [0.25, 0.3) is 0 Å². The Labute approximate surface area is 118 Å². The lowest BCUT2D eigenvalue weighted by atomic mass is 10.1. The average Bonchev–Trinajstić information content (AvgIpc) is 2.37. The normalized spacial score (nSPS) is 11.0. The molecule has 4 heteroatoms. The van der Waals surface area contributed by atoms with Gasteiger partial charge in [-0.15, -0.1) is 0 Å². The molecule has 2 rings (SSSR count). The van der Waals surface area contributed by atoms with Crippen LogP contribution in [0.3, 0.4) is 0 Å². The Balaban J connectivity index is 2.20. The summed E-state index contributed by atoms with van der Waals surface area (Å²) in [5.74, 6) is 2.25. The molecule has 0 atom stereocenters. The van der Waals surface area contributed by atoms with Gasteiger partial charge in [0.05, 0.1) is 17.6 Å². The van der Waals surface area contributed by atoms with E-state index in [0.29, 0.717) is 16.7 Å². The fourth-order valence-corrected chi connectivity index (χ4v) is 2.10. The number of fused-ring (bicyclic) bond motifs is 1. The molecule has 0 aliphatic heterocycles. The smallest absolute Gasteiger partial charge is 0.138 e. The summed E-state index contributed by atoms with van der Waals surface area (Å²) in [6.07, 6.45) is 1.13.